The average molecular weight is 403 g/mol. The highest BCUT2D eigenvalue weighted by molar-refractivity contribution is 7.91. The van der Waals surface area contributed by atoms with Crippen LogP contribution in [-0.2, 0) is 23.0 Å². The number of aryl methyl sites for hydroxylation is 3. The number of pyridine rings is 1. The Morgan fingerprint density at radius 2 is 1.78 bits per heavy atom. The predicted octanol–water partition coefficient (Wildman–Crippen LogP) is 3.76. The van der Waals surface area contributed by atoms with Crippen molar-refractivity contribution in [1.29, 1.82) is 0 Å². The fourth-order valence-corrected chi connectivity index (χ4v) is 5.19. The van der Waals surface area contributed by atoms with E-state index in [9.17, 15) is 13.2 Å². The van der Waals surface area contributed by atoms with Crippen LogP contribution in [0.1, 0.15) is 29.3 Å². The van der Waals surface area contributed by atoms with Gasteiger partial charge in [-0.25, -0.2) is 13.1 Å². The monoisotopic (exact) mass is 402 g/mol. The van der Waals surface area contributed by atoms with Crippen molar-refractivity contribution in [2.45, 2.75) is 37.9 Å². The molecule has 3 rings (SSSR count). The van der Waals surface area contributed by atoms with Crippen LogP contribution in [0.5, 0.6) is 0 Å². The van der Waals surface area contributed by atoms with Gasteiger partial charge in [0.05, 0.1) is 0 Å². The standard InChI is InChI=1S/C20H22N2O3S2/c1-4-16-11-17(14(3)22-20(16)23)18-9-10-19(26-18)27(24,25)21-12-15-7-5-13(2)6-8-15/h5-11,21H,4,12H2,1-3H3,(H,22,23). The SMILES string of the molecule is CCc1cc(-c2ccc(S(=O)(=O)NCc3ccc(C)cc3)s2)c(C)[nH]c1=O. The van der Waals surface area contributed by atoms with Gasteiger partial charge < -0.3 is 4.98 Å². The fourth-order valence-electron chi connectivity index (χ4n) is 2.75. The number of sulfonamides is 1. The molecule has 5 nitrogen and oxygen atoms in total. The lowest BCUT2D eigenvalue weighted by molar-refractivity contribution is 0.583. The second-order valence-corrected chi connectivity index (χ2v) is 9.52. The summed E-state index contributed by atoms with van der Waals surface area (Å²) < 4.78 is 28.1. The van der Waals surface area contributed by atoms with Gasteiger partial charge in [0.1, 0.15) is 4.21 Å². The molecule has 0 aliphatic carbocycles. The molecule has 2 N–H and O–H groups in total. The van der Waals surface area contributed by atoms with E-state index < -0.39 is 10.0 Å². The van der Waals surface area contributed by atoms with E-state index in [1.54, 1.807) is 12.1 Å². The zero-order valence-corrected chi connectivity index (χ0v) is 17.1. The van der Waals surface area contributed by atoms with Crippen LogP contribution in [0, 0.1) is 13.8 Å². The molecule has 1 aromatic carbocycles. The maximum absolute atomic E-state index is 12.6. The third-order valence-electron chi connectivity index (χ3n) is 4.39. The highest BCUT2D eigenvalue weighted by Gasteiger charge is 2.18. The van der Waals surface area contributed by atoms with Gasteiger partial charge in [-0.2, -0.15) is 0 Å². The summed E-state index contributed by atoms with van der Waals surface area (Å²) in [6, 6.07) is 13.0. The van der Waals surface area contributed by atoms with Gasteiger partial charge in [-0.15, -0.1) is 11.3 Å². The quantitative estimate of drug-likeness (QED) is 0.659. The Bertz CT molecular complexity index is 1110. The summed E-state index contributed by atoms with van der Waals surface area (Å²) in [5.74, 6) is 0. The summed E-state index contributed by atoms with van der Waals surface area (Å²) in [5.41, 5.74) is 4.22. The average Bonchev–Trinajstić information content (AvgIpc) is 3.12. The molecule has 2 heterocycles. The van der Waals surface area contributed by atoms with Crippen LogP contribution < -0.4 is 10.3 Å². The molecule has 142 valence electrons. The van der Waals surface area contributed by atoms with Gasteiger partial charge in [-0.1, -0.05) is 36.8 Å². The largest absolute Gasteiger partial charge is 0.326 e. The fraction of sp³-hybridized carbons (Fsp3) is 0.250. The van der Waals surface area contributed by atoms with Crippen LogP contribution in [0.25, 0.3) is 10.4 Å². The maximum Gasteiger partial charge on any atom is 0.251 e. The molecule has 0 spiro atoms. The minimum absolute atomic E-state index is 0.0945. The highest BCUT2D eigenvalue weighted by Crippen LogP contribution is 2.32. The van der Waals surface area contributed by atoms with Crippen LogP contribution in [0.3, 0.4) is 0 Å². The Hall–Kier alpha value is -2.22. The number of H-pyrrole nitrogens is 1. The lowest BCUT2D eigenvalue weighted by atomic mass is 10.1. The Labute approximate surface area is 163 Å². The topological polar surface area (TPSA) is 79.0 Å². The van der Waals surface area contributed by atoms with Crippen LogP contribution >= 0.6 is 11.3 Å². The van der Waals surface area contributed by atoms with Crippen molar-refractivity contribution in [3.8, 4) is 10.4 Å². The van der Waals surface area contributed by atoms with E-state index in [2.05, 4.69) is 9.71 Å². The molecule has 0 unspecified atom stereocenters. The lowest BCUT2D eigenvalue weighted by Crippen LogP contribution is -2.22. The predicted molar refractivity (Wildman–Crippen MR) is 110 cm³/mol. The van der Waals surface area contributed by atoms with E-state index in [4.69, 9.17) is 0 Å². The molecule has 0 bridgehead atoms. The molecule has 27 heavy (non-hydrogen) atoms. The molecule has 0 amide bonds. The molecule has 2 aromatic heterocycles. The minimum Gasteiger partial charge on any atom is -0.326 e. The van der Waals surface area contributed by atoms with Gasteiger partial charge in [0.2, 0.25) is 10.0 Å². The first-order valence-corrected chi connectivity index (χ1v) is 11.0. The van der Waals surface area contributed by atoms with Crippen molar-refractivity contribution in [3.63, 3.8) is 0 Å². The van der Waals surface area contributed by atoms with E-state index in [0.717, 1.165) is 27.3 Å². The zero-order chi connectivity index (χ0) is 19.6. The molecule has 0 saturated carbocycles. The molecular formula is C20H22N2O3S2. The van der Waals surface area contributed by atoms with Gasteiger partial charge in [0.25, 0.3) is 5.56 Å². The molecule has 0 aliphatic heterocycles. The molecular weight excluding hydrogens is 380 g/mol. The number of hydrogen-bond donors (Lipinski definition) is 2. The Kier molecular flexibility index (Phi) is 5.64. The highest BCUT2D eigenvalue weighted by atomic mass is 32.2. The Morgan fingerprint density at radius 1 is 1.07 bits per heavy atom. The summed E-state index contributed by atoms with van der Waals surface area (Å²) in [7, 11) is -3.60. The van der Waals surface area contributed by atoms with Crippen LogP contribution in [0.2, 0.25) is 0 Å². The summed E-state index contributed by atoms with van der Waals surface area (Å²) in [4.78, 5) is 15.6. The number of aromatic amines is 1. The van der Waals surface area contributed by atoms with Crippen molar-refractivity contribution in [3.05, 3.63) is 75.2 Å². The summed E-state index contributed by atoms with van der Waals surface area (Å²) in [6.07, 6.45) is 0.622. The molecule has 7 heteroatoms. The van der Waals surface area contributed by atoms with Crippen LogP contribution in [-0.4, -0.2) is 13.4 Å². The number of nitrogens with one attached hydrogen (secondary N) is 2. The summed E-state index contributed by atoms with van der Waals surface area (Å²) in [5, 5.41) is 0. The zero-order valence-electron chi connectivity index (χ0n) is 15.5. The third-order valence-corrected chi connectivity index (χ3v) is 7.41. The number of aromatic nitrogens is 1. The molecule has 3 aromatic rings. The first-order chi connectivity index (χ1) is 12.8. The number of hydrogen-bond acceptors (Lipinski definition) is 4. The second-order valence-electron chi connectivity index (χ2n) is 6.44. The number of thiophene rings is 1. The van der Waals surface area contributed by atoms with Gasteiger partial charge >= 0.3 is 0 Å². The first-order valence-electron chi connectivity index (χ1n) is 8.68. The van der Waals surface area contributed by atoms with Crippen LogP contribution in [0.4, 0.5) is 0 Å². The molecule has 0 atom stereocenters. The van der Waals surface area contributed by atoms with E-state index >= 15 is 0 Å². The normalized spacial score (nSPS) is 11.7. The molecule has 0 fully saturated rings. The van der Waals surface area contributed by atoms with Crippen molar-refractivity contribution in [2.24, 2.45) is 0 Å². The number of rotatable bonds is 6. The smallest absolute Gasteiger partial charge is 0.251 e. The first kappa shape index (κ1) is 19.5. The van der Waals surface area contributed by atoms with Gasteiger partial charge in [-0.05, 0) is 44.0 Å². The van der Waals surface area contributed by atoms with E-state index in [-0.39, 0.29) is 16.3 Å². The molecule has 0 aliphatic rings. The van der Waals surface area contributed by atoms with Crippen LogP contribution in [0.15, 0.2) is 51.5 Å². The second kappa shape index (κ2) is 7.80. The minimum atomic E-state index is -3.60. The Morgan fingerprint density at radius 3 is 2.44 bits per heavy atom. The lowest BCUT2D eigenvalue weighted by Gasteiger charge is -2.06. The van der Waals surface area contributed by atoms with Crippen molar-refractivity contribution >= 4 is 21.4 Å². The van der Waals surface area contributed by atoms with E-state index in [0.29, 0.717) is 12.0 Å². The van der Waals surface area contributed by atoms with Gasteiger partial charge in [0, 0.05) is 28.2 Å². The molecule has 0 radical (unpaired) electrons. The van der Waals surface area contributed by atoms with Crippen molar-refractivity contribution in [1.82, 2.24) is 9.71 Å². The summed E-state index contributed by atoms with van der Waals surface area (Å²) in [6.45, 7) is 5.97. The Balaban J connectivity index is 1.84. The molecule has 0 saturated heterocycles. The third kappa shape index (κ3) is 4.37. The van der Waals surface area contributed by atoms with Gasteiger partial charge in [-0.3, -0.25) is 4.79 Å². The maximum atomic E-state index is 12.6. The van der Waals surface area contributed by atoms with Crippen molar-refractivity contribution in [2.75, 3.05) is 0 Å². The number of benzene rings is 1. The van der Waals surface area contributed by atoms with Crippen molar-refractivity contribution < 1.29 is 8.42 Å². The summed E-state index contributed by atoms with van der Waals surface area (Å²) >= 11 is 1.20. The van der Waals surface area contributed by atoms with Gasteiger partial charge in [0.15, 0.2) is 0 Å². The van der Waals surface area contributed by atoms with E-state index in [1.807, 2.05) is 51.1 Å². The van der Waals surface area contributed by atoms with E-state index in [1.165, 1.54) is 11.3 Å².